The average Bonchev–Trinajstić information content (AvgIpc) is 2.93. The number of rotatable bonds is 4. The van der Waals surface area contributed by atoms with Crippen molar-refractivity contribution >= 4 is 11.0 Å². The maximum atomic E-state index is 13.3. The number of benzene rings is 2. The van der Waals surface area contributed by atoms with Gasteiger partial charge in [0.25, 0.3) is 0 Å². The maximum absolute atomic E-state index is 13.3. The lowest BCUT2D eigenvalue weighted by atomic mass is 10.1. The molecular formula is C17H12F6N2O2. The number of ether oxygens (including phenoxy) is 1. The van der Waals surface area contributed by atoms with Crippen molar-refractivity contribution in [1.82, 2.24) is 9.55 Å². The minimum Gasteiger partial charge on any atom is -0.406 e. The van der Waals surface area contributed by atoms with E-state index in [9.17, 15) is 31.4 Å². The molecule has 1 atom stereocenters. The summed E-state index contributed by atoms with van der Waals surface area (Å²) in [4.78, 5) is 3.57. The molecule has 3 rings (SSSR count). The molecule has 0 radical (unpaired) electrons. The second-order valence-corrected chi connectivity index (χ2v) is 5.67. The van der Waals surface area contributed by atoms with Crippen LogP contribution < -0.4 is 4.74 Å². The normalized spacial score (nSPS) is 13.7. The van der Waals surface area contributed by atoms with E-state index in [1.165, 1.54) is 24.3 Å². The summed E-state index contributed by atoms with van der Waals surface area (Å²) in [6.07, 6.45) is -11.0. The van der Waals surface area contributed by atoms with Gasteiger partial charge in [0.1, 0.15) is 5.75 Å². The van der Waals surface area contributed by atoms with Crippen LogP contribution in [0.5, 0.6) is 5.75 Å². The zero-order chi connectivity index (χ0) is 19.8. The smallest absolute Gasteiger partial charge is 0.406 e. The lowest BCUT2D eigenvalue weighted by Crippen LogP contribution is -2.18. The van der Waals surface area contributed by atoms with Crippen LogP contribution >= 0.6 is 0 Å². The Morgan fingerprint density at radius 2 is 1.59 bits per heavy atom. The second kappa shape index (κ2) is 6.76. The molecule has 0 saturated heterocycles. The minimum absolute atomic E-state index is 0.117. The number of hydrogen-bond acceptors (Lipinski definition) is 3. The highest BCUT2D eigenvalue weighted by atomic mass is 19.4. The summed E-state index contributed by atoms with van der Waals surface area (Å²) < 4.78 is 80.8. The van der Waals surface area contributed by atoms with Crippen molar-refractivity contribution in [2.45, 2.75) is 25.2 Å². The van der Waals surface area contributed by atoms with E-state index in [1.54, 1.807) is 0 Å². The average molecular weight is 390 g/mol. The topological polar surface area (TPSA) is 47.3 Å². The van der Waals surface area contributed by atoms with Crippen LogP contribution in [0.1, 0.15) is 17.5 Å². The number of imidazole rings is 1. The van der Waals surface area contributed by atoms with Crippen LogP contribution in [0.2, 0.25) is 0 Å². The molecule has 0 bridgehead atoms. The molecule has 4 nitrogen and oxygen atoms in total. The first-order valence-electron chi connectivity index (χ1n) is 7.61. The third kappa shape index (κ3) is 4.33. The summed E-state index contributed by atoms with van der Waals surface area (Å²) >= 11 is 0. The van der Waals surface area contributed by atoms with Crippen molar-refractivity contribution in [2.24, 2.45) is 0 Å². The third-order valence-corrected chi connectivity index (χ3v) is 3.76. The fraction of sp³-hybridized carbons (Fsp3) is 0.235. The number of aliphatic hydroxyl groups is 1. The van der Waals surface area contributed by atoms with E-state index in [-0.39, 0.29) is 16.6 Å². The predicted octanol–water partition coefficient (Wildman–Crippen LogP) is 4.69. The second-order valence-electron chi connectivity index (χ2n) is 5.67. The fourth-order valence-electron chi connectivity index (χ4n) is 2.65. The van der Waals surface area contributed by atoms with Crippen molar-refractivity contribution in [3.05, 3.63) is 59.9 Å². The highest BCUT2D eigenvalue weighted by Gasteiger charge is 2.38. The lowest BCUT2D eigenvalue weighted by Gasteiger charge is -2.17. The number of para-hydroxylation sites is 2. The molecule has 2 aromatic carbocycles. The number of alkyl halides is 6. The van der Waals surface area contributed by atoms with E-state index in [1.807, 2.05) is 0 Å². The summed E-state index contributed by atoms with van der Waals surface area (Å²) in [6.45, 7) is -0.477. The van der Waals surface area contributed by atoms with Crippen molar-refractivity contribution in [3.8, 4) is 5.75 Å². The van der Waals surface area contributed by atoms with Gasteiger partial charge in [-0.15, -0.1) is 13.2 Å². The molecule has 0 saturated carbocycles. The SMILES string of the molecule is OC(Cn1c(C(F)(F)F)nc2ccccc21)c1ccc(OC(F)(F)F)cc1. The number of aliphatic hydroxyl groups excluding tert-OH is 1. The Bertz CT molecular complexity index is 931. The Balaban J connectivity index is 1.89. The standard InChI is InChI=1S/C17H12F6N2O2/c18-16(19,20)15-24-12-3-1-2-4-13(12)25(15)9-14(26)10-5-7-11(8-6-10)27-17(21,22)23/h1-8,14,26H,9H2. The Morgan fingerprint density at radius 3 is 2.19 bits per heavy atom. The molecule has 0 aliphatic heterocycles. The van der Waals surface area contributed by atoms with Gasteiger partial charge < -0.3 is 14.4 Å². The number of halogens is 6. The molecule has 1 heterocycles. The minimum atomic E-state index is -4.86. The van der Waals surface area contributed by atoms with Crippen LogP contribution in [0.25, 0.3) is 11.0 Å². The Hall–Kier alpha value is -2.75. The van der Waals surface area contributed by atoms with Gasteiger partial charge in [-0.05, 0) is 29.8 Å². The molecule has 0 aliphatic rings. The predicted molar refractivity (Wildman–Crippen MR) is 82.8 cm³/mol. The van der Waals surface area contributed by atoms with Gasteiger partial charge in [0.2, 0.25) is 5.82 Å². The summed E-state index contributed by atoms with van der Waals surface area (Å²) in [5.41, 5.74) is 0.433. The fourth-order valence-corrected chi connectivity index (χ4v) is 2.65. The van der Waals surface area contributed by atoms with Crippen LogP contribution in [-0.2, 0) is 12.7 Å². The number of fused-ring (bicyclic) bond motifs is 1. The third-order valence-electron chi connectivity index (χ3n) is 3.76. The molecule has 0 spiro atoms. The van der Waals surface area contributed by atoms with E-state index in [2.05, 4.69) is 9.72 Å². The molecule has 144 valence electrons. The molecule has 1 N–H and O–H groups in total. The van der Waals surface area contributed by atoms with Crippen LogP contribution in [-0.4, -0.2) is 21.0 Å². The first-order chi connectivity index (χ1) is 12.5. The monoisotopic (exact) mass is 390 g/mol. The van der Waals surface area contributed by atoms with E-state index < -0.39 is 36.8 Å². The van der Waals surface area contributed by atoms with Crippen LogP contribution in [0.4, 0.5) is 26.3 Å². The van der Waals surface area contributed by atoms with Gasteiger partial charge in [-0.1, -0.05) is 24.3 Å². The molecule has 3 aromatic rings. The van der Waals surface area contributed by atoms with Gasteiger partial charge in [0.15, 0.2) is 0 Å². The summed E-state index contributed by atoms with van der Waals surface area (Å²) in [5.74, 6) is -1.66. The quantitative estimate of drug-likeness (QED) is 0.658. The van der Waals surface area contributed by atoms with Crippen molar-refractivity contribution in [2.75, 3.05) is 0 Å². The molecule has 0 fully saturated rings. The zero-order valence-electron chi connectivity index (χ0n) is 13.4. The Labute approximate surface area is 148 Å². The van der Waals surface area contributed by atoms with E-state index in [0.717, 1.165) is 28.8 Å². The Morgan fingerprint density at radius 1 is 0.963 bits per heavy atom. The summed E-state index contributed by atoms with van der Waals surface area (Å²) in [7, 11) is 0. The van der Waals surface area contributed by atoms with Gasteiger partial charge in [-0.25, -0.2) is 4.98 Å². The van der Waals surface area contributed by atoms with Gasteiger partial charge in [0, 0.05) is 0 Å². The number of hydrogen-bond donors (Lipinski definition) is 1. The van der Waals surface area contributed by atoms with E-state index >= 15 is 0 Å². The Kier molecular flexibility index (Phi) is 4.77. The van der Waals surface area contributed by atoms with Crippen molar-refractivity contribution < 1.29 is 36.2 Å². The first-order valence-corrected chi connectivity index (χ1v) is 7.61. The van der Waals surface area contributed by atoms with E-state index in [0.29, 0.717) is 0 Å². The molecule has 10 heteroatoms. The van der Waals surface area contributed by atoms with Crippen molar-refractivity contribution in [3.63, 3.8) is 0 Å². The van der Waals surface area contributed by atoms with Gasteiger partial charge in [-0.2, -0.15) is 13.2 Å². The highest BCUT2D eigenvalue weighted by molar-refractivity contribution is 5.76. The highest BCUT2D eigenvalue weighted by Crippen LogP contribution is 2.33. The van der Waals surface area contributed by atoms with Gasteiger partial charge >= 0.3 is 12.5 Å². The molecule has 0 amide bonds. The number of nitrogens with zero attached hydrogens (tertiary/aromatic N) is 2. The maximum Gasteiger partial charge on any atom is 0.573 e. The summed E-state index contributed by atoms with van der Waals surface area (Å²) in [5, 5.41) is 10.3. The largest absolute Gasteiger partial charge is 0.573 e. The van der Waals surface area contributed by atoms with E-state index in [4.69, 9.17) is 0 Å². The lowest BCUT2D eigenvalue weighted by molar-refractivity contribution is -0.274. The van der Waals surface area contributed by atoms with Crippen LogP contribution in [0.15, 0.2) is 48.5 Å². The summed E-state index contributed by atoms with van der Waals surface area (Å²) in [6, 6.07) is 10.2. The first kappa shape index (κ1) is 19.0. The van der Waals surface area contributed by atoms with Crippen LogP contribution in [0.3, 0.4) is 0 Å². The van der Waals surface area contributed by atoms with Gasteiger partial charge in [-0.3, -0.25) is 0 Å². The van der Waals surface area contributed by atoms with Crippen molar-refractivity contribution in [1.29, 1.82) is 0 Å². The molecule has 1 aromatic heterocycles. The molecule has 0 aliphatic carbocycles. The molecule has 27 heavy (non-hydrogen) atoms. The molecule has 1 unspecified atom stereocenters. The van der Waals surface area contributed by atoms with Crippen LogP contribution in [0, 0.1) is 0 Å². The zero-order valence-corrected chi connectivity index (χ0v) is 13.4. The molecular weight excluding hydrogens is 378 g/mol. The number of aromatic nitrogens is 2. The van der Waals surface area contributed by atoms with Gasteiger partial charge in [0.05, 0.1) is 23.7 Å².